The predicted octanol–water partition coefficient (Wildman–Crippen LogP) is 1.53. The largest absolute Gasteiger partial charge is 0.326 e. The smallest absolute Gasteiger partial charge is 0.292 e. The number of halogens is 3. The Balaban J connectivity index is 3.47. The molecule has 0 spiro atoms. The third-order valence-corrected chi connectivity index (χ3v) is 1.78. The number of nitrogens with zero attached hydrogens (tertiary/aromatic N) is 2. The molecule has 0 aromatic carbocycles. The number of hydrogen-bond acceptors (Lipinski definition) is 4. The molecule has 0 saturated heterocycles. The van der Waals surface area contributed by atoms with Crippen molar-refractivity contribution in [3.05, 3.63) is 33.4 Å². The Hall–Kier alpha value is -1.70. The molecule has 1 aromatic heterocycles. The first-order valence-electron chi connectivity index (χ1n) is 3.79. The van der Waals surface area contributed by atoms with Crippen LogP contribution in [0.4, 0.5) is 18.9 Å². The lowest BCUT2D eigenvalue weighted by molar-refractivity contribution is -0.386. The summed E-state index contributed by atoms with van der Waals surface area (Å²) in [4.78, 5) is 12.4. The molecule has 0 unspecified atom stereocenters. The summed E-state index contributed by atoms with van der Waals surface area (Å²) < 4.78 is 37.6. The van der Waals surface area contributed by atoms with Gasteiger partial charge in [0.15, 0.2) is 0 Å². The summed E-state index contributed by atoms with van der Waals surface area (Å²) in [6.07, 6.45) is -2.61. The Kier molecular flexibility index (Phi) is 3.20. The maximum atomic E-state index is 12.9. The highest BCUT2D eigenvalue weighted by atomic mass is 19.3. The molecular formula is C7H6F3N3O2. The lowest BCUT2D eigenvalue weighted by Gasteiger charge is -2.07. The molecule has 1 aromatic rings. The maximum absolute atomic E-state index is 12.9. The number of alkyl halides is 2. The van der Waals surface area contributed by atoms with E-state index >= 15 is 0 Å². The van der Waals surface area contributed by atoms with E-state index in [2.05, 4.69) is 4.98 Å². The summed E-state index contributed by atoms with van der Waals surface area (Å²) in [5.74, 6) is -1.43. The van der Waals surface area contributed by atoms with E-state index in [1.54, 1.807) is 0 Å². The molecule has 2 N–H and O–H groups in total. The van der Waals surface area contributed by atoms with Gasteiger partial charge in [-0.2, -0.15) is 4.39 Å². The van der Waals surface area contributed by atoms with Crippen LogP contribution in [0.2, 0.25) is 0 Å². The molecule has 0 bridgehead atoms. The third-order valence-electron chi connectivity index (χ3n) is 1.78. The number of rotatable bonds is 3. The second-order valence-corrected chi connectivity index (χ2v) is 2.59. The molecule has 0 aliphatic rings. The summed E-state index contributed by atoms with van der Waals surface area (Å²) in [6.45, 7) is -0.546. The van der Waals surface area contributed by atoms with Gasteiger partial charge in [-0.05, 0) is 0 Å². The van der Waals surface area contributed by atoms with Gasteiger partial charge in [0, 0.05) is 6.54 Å². The van der Waals surface area contributed by atoms with Crippen LogP contribution in [-0.4, -0.2) is 9.91 Å². The standard InChI is InChI=1S/C7H6F3N3O2/c8-6(9)5-3(1-11)4(13(14)15)2-12-7(5)10/h2,6H,1,11H2. The van der Waals surface area contributed by atoms with Crippen LogP contribution in [0, 0.1) is 16.1 Å². The first kappa shape index (κ1) is 11.4. The predicted molar refractivity (Wildman–Crippen MR) is 43.7 cm³/mol. The fourth-order valence-corrected chi connectivity index (χ4v) is 1.12. The average molecular weight is 221 g/mol. The molecule has 1 rings (SSSR count). The van der Waals surface area contributed by atoms with Crippen molar-refractivity contribution in [2.45, 2.75) is 13.0 Å². The average Bonchev–Trinajstić information content (AvgIpc) is 2.15. The summed E-state index contributed by atoms with van der Waals surface area (Å²) >= 11 is 0. The Morgan fingerprint density at radius 1 is 1.60 bits per heavy atom. The van der Waals surface area contributed by atoms with E-state index in [0.717, 1.165) is 0 Å². The van der Waals surface area contributed by atoms with E-state index in [4.69, 9.17) is 5.73 Å². The van der Waals surface area contributed by atoms with Gasteiger partial charge >= 0.3 is 0 Å². The number of aromatic nitrogens is 1. The Morgan fingerprint density at radius 2 is 2.20 bits per heavy atom. The highest BCUT2D eigenvalue weighted by Crippen LogP contribution is 2.30. The van der Waals surface area contributed by atoms with Gasteiger partial charge in [-0.25, -0.2) is 13.8 Å². The van der Waals surface area contributed by atoms with E-state index in [9.17, 15) is 23.3 Å². The van der Waals surface area contributed by atoms with Crippen LogP contribution < -0.4 is 5.73 Å². The minimum absolute atomic E-state index is 0.525. The van der Waals surface area contributed by atoms with Crippen LogP contribution in [0.25, 0.3) is 0 Å². The van der Waals surface area contributed by atoms with Crippen molar-refractivity contribution in [2.75, 3.05) is 0 Å². The van der Waals surface area contributed by atoms with Gasteiger partial charge in [-0.15, -0.1) is 0 Å². The minimum Gasteiger partial charge on any atom is -0.326 e. The molecule has 15 heavy (non-hydrogen) atoms. The molecule has 0 aliphatic carbocycles. The lowest BCUT2D eigenvalue weighted by atomic mass is 10.1. The number of pyridine rings is 1. The Bertz CT molecular complexity index is 397. The summed E-state index contributed by atoms with van der Waals surface area (Å²) in [5.41, 5.74) is 2.73. The Labute approximate surface area is 81.9 Å². The summed E-state index contributed by atoms with van der Waals surface area (Å²) in [6, 6.07) is 0. The molecule has 8 heteroatoms. The van der Waals surface area contributed by atoms with E-state index < -0.39 is 40.7 Å². The highest BCUT2D eigenvalue weighted by molar-refractivity contribution is 5.43. The van der Waals surface area contributed by atoms with E-state index in [1.807, 2.05) is 0 Å². The fourth-order valence-electron chi connectivity index (χ4n) is 1.12. The number of nitro groups is 1. The molecule has 0 saturated carbocycles. The van der Waals surface area contributed by atoms with Gasteiger partial charge in [-0.3, -0.25) is 10.1 Å². The SMILES string of the molecule is NCc1c([N+](=O)[O-])cnc(F)c1C(F)F. The van der Waals surface area contributed by atoms with Gasteiger partial charge in [0.2, 0.25) is 5.95 Å². The molecule has 0 radical (unpaired) electrons. The second-order valence-electron chi connectivity index (χ2n) is 2.59. The number of nitrogens with two attached hydrogens (primary N) is 1. The van der Waals surface area contributed by atoms with Gasteiger partial charge < -0.3 is 5.73 Å². The van der Waals surface area contributed by atoms with Gasteiger partial charge in [0.1, 0.15) is 6.20 Å². The molecule has 0 atom stereocenters. The molecule has 0 fully saturated rings. The van der Waals surface area contributed by atoms with Crippen LogP contribution in [-0.2, 0) is 6.54 Å². The van der Waals surface area contributed by atoms with Crippen molar-refractivity contribution in [3.63, 3.8) is 0 Å². The summed E-state index contributed by atoms with van der Waals surface area (Å²) in [7, 11) is 0. The fraction of sp³-hybridized carbons (Fsp3) is 0.286. The van der Waals surface area contributed by atoms with Gasteiger partial charge in [0.05, 0.1) is 16.1 Å². The molecule has 0 aliphatic heterocycles. The zero-order chi connectivity index (χ0) is 11.6. The zero-order valence-electron chi connectivity index (χ0n) is 7.28. The topological polar surface area (TPSA) is 82.0 Å². The zero-order valence-corrected chi connectivity index (χ0v) is 7.28. The van der Waals surface area contributed by atoms with Crippen LogP contribution in [0.15, 0.2) is 6.20 Å². The van der Waals surface area contributed by atoms with Crippen molar-refractivity contribution in [1.82, 2.24) is 4.98 Å². The molecule has 82 valence electrons. The van der Waals surface area contributed by atoms with Crippen LogP contribution in [0.5, 0.6) is 0 Å². The Morgan fingerprint density at radius 3 is 2.60 bits per heavy atom. The van der Waals surface area contributed by atoms with Crippen molar-refractivity contribution < 1.29 is 18.1 Å². The van der Waals surface area contributed by atoms with Crippen molar-refractivity contribution in [2.24, 2.45) is 5.73 Å². The second kappa shape index (κ2) is 4.22. The summed E-state index contributed by atoms with van der Waals surface area (Å²) in [5, 5.41) is 10.4. The van der Waals surface area contributed by atoms with Crippen molar-refractivity contribution >= 4 is 5.69 Å². The van der Waals surface area contributed by atoms with E-state index in [-0.39, 0.29) is 0 Å². The maximum Gasteiger partial charge on any atom is 0.292 e. The van der Waals surface area contributed by atoms with Crippen LogP contribution in [0.3, 0.4) is 0 Å². The normalized spacial score (nSPS) is 10.7. The lowest BCUT2D eigenvalue weighted by Crippen LogP contribution is -2.10. The highest BCUT2D eigenvalue weighted by Gasteiger charge is 2.26. The molecule has 1 heterocycles. The van der Waals surface area contributed by atoms with Crippen LogP contribution in [0.1, 0.15) is 17.6 Å². The molecule has 5 nitrogen and oxygen atoms in total. The van der Waals surface area contributed by atoms with Gasteiger partial charge in [0.25, 0.3) is 12.1 Å². The minimum atomic E-state index is -3.18. The number of hydrogen-bond donors (Lipinski definition) is 1. The van der Waals surface area contributed by atoms with Gasteiger partial charge in [-0.1, -0.05) is 0 Å². The van der Waals surface area contributed by atoms with E-state index in [0.29, 0.717) is 6.20 Å². The third kappa shape index (κ3) is 2.04. The van der Waals surface area contributed by atoms with Crippen molar-refractivity contribution in [1.29, 1.82) is 0 Å². The monoisotopic (exact) mass is 221 g/mol. The van der Waals surface area contributed by atoms with E-state index in [1.165, 1.54) is 0 Å². The van der Waals surface area contributed by atoms with Crippen molar-refractivity contribution in [3.8, 4) is 0 Å². The molecular weight excluding hydrogens is 215 g/mol. The first-order valence-corrected chi connectivity index (χ1v) is 3.79. The quantitative estimate of drug-likeness (QED) is 0.476. The van der Waals surface area contributed by atoms with Crippen LogP contribution >= 0.6 is 0 Å². The first-order chi connectivity index (χ1) is 6.99. The molecule has 0 amide bonds.